The van der Waals surface area contributed by atoms with Crippen LogP contribution >= 0.6 is 0 Å². The first kappa shape index (κ1) is 14.3. The van der Waals surface area contributed by atoms with E-state index in [1.54, 1.807) is 18.0 Å². The monoisotopic (exact) mass is 273 g/mol. The van der Waals surface area contributed by atoms with Crippen molar-refractivity contribution in [2.45, 2.75) is 26.5 Å². The van der Waals surface area contributed by atoms with Gasteiger partial charge in [-0.25, -0.2) is 0 Å². The summed E-state index contributed by atoms with van der Waals surface area (Å²) in [4.78, 5) is 12.0. The third kappa shape index (κ3) is 3.93. The molecule has 0 atom stereocenters. The predicted octanol–water partition coefficient (Wildman–Crippen LogP) is 2.37. The summed E-state index contributed by atoms with van der Waals surface area (Å²) < 4.78 is 6.89. The number of carbonyl (C=O) groups is 1. The van der Waals surface area contributed by atoms with E-state index < -0.39 is 0 Å². The number of para-hydroxylation sites is 1. The van der Waals surface area contributed by atoms with Crippen LogP contribution in [0.5, 0.6) is 0 Å². The zero-order valence-electron chi connectivity index (χ0n) is 11.8. The lowest BCUT2D eigenvalue weighted by Crippen LogP contribution is -2.15. The Balaban J connectivity index is 1.91. The molecular formula is C15H19N3O2. The van der Waals surface area contributed by atoms with Crippen LogP contribution in [0, 0.1) is 6.92 Å². The molecule has 0 unspecified atom stereocenters. The highest BCUT2D eigenvalue weighted by Gasteiger charge is 2.07. The third-order valence-corrected chi connectivity index (χ3v) is 2.92. The lowest BCUT2D eigenvalue weighted by atomic mass is 10.2. The van der Waals surface area contributed by atoms with E-state index in [0.717, 1.165) is 16.8 Å². The number of rotatable bonds is 6. The minimum atomic E-state index is -0.0262. The summed E-state index contributed by atoms with van der Waals surface area (Å²) in [5, 5.41) is 7.07. The van der Waals surface area contributed by atoms with Crippen LogP contribution in [0.25, 0.3) is 0 Å². The van der Waals surface area contributed by atoms with Gasteiger partial charge in [0.15, 0.2) is 0 Å². The fourth-order valence-electron chi connectivity index (χ4n) is 1.94. The minimum Gasteiger partial charge on any atom is -0.380 e. The van der Waals surface area contributed by atoms with Gasteiger partial charge in [-0.1, -0.05) is 18.2 Å². The second-order valence-corrected chi connectivity index (χ2v) is 4.67. The number of benzene rings is 1. The maximum absolute atomic E-state index is 12.0. The van der Waals surface area contributed by atoms with Gasteiger partial charge in [0.25, 0.3) is 0 Å². The second kappa shape index (κ2) is 6.86. The Labute approximate surface area is 118 Å². The van der Waals surface area contributed by atoms with Gasteiger partial charge in [0.1, 0.15) is 0 Å². The van der Waals surface area contributed by atoms with Crippen molar-refractivity contribution in [3.8, 4) is 0 Å². The van der Waals surface area contributed by atoms with Crippen molar-refractivity contribution in [3.63, 3.8) is 0 Å². The number of hydrogen-bond acceptors (Lipinski definition) is 3. The maximum atomic E-state index is 12.0. The largest absolute Gasteiger partial charge is 0.380 e. The van der Waals surface area contributed by atoms with E-state index in [1.165, 1.54) is 0 Å². The molecule has 5 nitrogen and oxygen atoms in total. The third-order valence-electron chi connectivity index (χ3n) is 2.92. The quantitative estimate of drug-likeness (QED) is 0.879. The molecule has 2 aromatic rings. The fraction of sp³-hybridized carbons (Fsp3) is 0.333. The average Bonchev–Trinajstić information content (AvgIpc) is 2.85. The molecule has 0 bridgehead atoms. The molecule has 1 aromatic heterocycles. The molecule has 1 amide bonds. The highest BCUT2D eigenvalue weighted by atomic mass is 16.5. The van der Waals surface area contributed by atoms with Crippen molar-refractivity contribution in [2.75, 3.05) is 12.4 Å². The fourth-order valence-corrected chi connectivity index (χ4v) is 1.94. The van der Waals surface area contributed by atoms with Crippen LogP contribution in [0.1, 0.15) is 17.5 Å². The summed E-state index contributed by atoms with van der Waals surface area (Å²) in [5.41, 5.74) is 2.87. The molecule has 1 N–H and O–H groups in total. The molecule has 0 saturated carbocycles. The number of ether oxygens (including phenoxy) is 1. The summed E-state index contributed by atoms with van der Waals surface area (Å²) in [5.74, 6) is -0.0262. The standard InChI is InChI=1S/C15H19N3O2/c1-12-9-16-18(10-12)8-7-15(19)17-14-6-4-3-5-13(14)11-20-2/h3-6,9-10H,7-8,11H2,1-2H3,(H,17,19). The Hall–Kier alpha value is -2.14. The van der Waals surface area contributed by atoms with E-state index in [2.05, 4.69) is 10.4 Å². The van der Waals surface area contributed by atoms with Crippen molar-refractivity contribution in [3.05, 3.63) is 47.8 Å². The van der Waals surface area contributed by atoms with E-state index in [1.807, 2.05) is 37.4 Å². The lowest BCUT2D eigenvalue weighted by molar-refractivity contribution is -0.116. The molecule has 5 heteroatoms. The maximum Gasteiger partial charge on any atom is 0.226 e. The highest BCUT2D eigenvalue weighted by Crippen LogP contribution is 2.16. The minimum absolute atomic E-state index is 0.0262. The Morgan fingerprint density at radius 3 is 2.90 bits per heavy atom. The number of hydrogen-bond donors (Lipinski definition) is 1. The van der Waals surface area contributed by atoms with Crippen molar-refractivity contribution >= 4 is 11.6 Å². The first-order valence-corrected chi connectivity index (χ1v) is 6.55. The van der Waals surface area contributed by atoms with Crippen molar-refractivity contribution in [2.24, 2.45) is 0 Å². The summed E-state index contributed by atoms with van der Waals surface area (Å²) in [7, 11) is 1.64. The topological polar surface area (TPSA) is 56.1 Å². The van der Waals surface area contributed by atoms with Gasteiger partial charge >= 0.3 is 0 Å². The zero-order chi connectivity index (χ0) is 14.4. The van der Waals surface area contributed by atoms with E-state index in [4.69, 9.17) is 4.74 Å². The number of nitrogens with one attached hydrogen (secondary N) is 1. The van der Waals surface area contributed by atoms with Gasteiger partial charge < -0.3 is 10.1 Å². The molecule has 0 aliphatic heterocycles. The van der Waals surface area contributed by atoms with E-state index >= 15 is 0 Å². The van der Waals surface area contributed by atoms with E-state index in [0.29, 0.717) is 19.6 Å². The van der Waals surface area contributed by atoms with Crippen LogP contribution in [-0.2, 0) is 22.7 Å². The molecule has 1 aromatic carbocycles. The molecule has 0 aliphatic carbocycles. The van der Waals surface area contributed by atoms with E-state index in [9.17, 15) is 4.79 Å². The highest BCUT2D eigenvalue weighted by molar-refractivity contribution is 5.91. The van der Waals surface area contributed by atoms with E-state index in [-0.39, 0.29) is 5.91 Å². The van der Waals surface area contributed by atoms with Gasteiger partial charge in [-0.05, 0) is 18.6 Å². The van der Waals surface area contributed by atoms with Crippen LogP contribution in [0.15, 0.2) is 36.7 Å². The normalized spacial score (nSPS) is 10.5. The van der Waals surface area contributed by atoms with Gasteiger partial charge in [0, 0.05) is 37.5 Å². The molecule has 0 aliphatic rings. The molecule has 0 spiro atoms. The van der Waals surface area contributed by atoms with Crippen LogP contribution in [-0.4, -0.2) is 22.8 Å². The molecule has 1 heterocycles. The summed E-state index contributed by atoms with van der Waals surface area (Å²) in [6.07, 6.45) is 4.10. The van der Waals surface area contributed by atoms with Crippen molar-refractivity contribution in [1.29, 1.82) is 0 Å². The number of aryl methyl sites for hydroxylation is 2. The molecule has 106 valence electrons. The van der Waals surface area contributed by atoms with Crippen molar-refractivity contribution in [1.82, 2.24) is 9.78 Å². The SMILES string of the molecule is COCc1ccccc1NC(=O)CCn1cc(C)cn1. The Bertz CT molecular complexity index is 578. The molecule has 0 saturated heterocycles. The van der Waals surface area contributed by atoms with Gasteiger partial charge in [-0.3, -0.25) is 9.48 Å². The van der Waals surface area contributed by atoms with Crippen LogP contribution in [0.3, 0.4) is 0 Å². The molecular weight excluding hydrogens is 254 g/mol. The number of nitrogens with zero attached hydrogens (tertiary/aromatic N) is 2. The van der Waals surface area contributed by atoms with Crippen LogP contribution in [0.2, 0.25) is 0 Å². The van der Waals surface area contributed by atoms with Gasteiger partial charge in [-0.15, -0.1) is 0 Å². The molecule has 0 radical (unpaired) electrons. The second-order valence-electron chi connectivity index (χ2n) is 4.67. The van der Waals surface area contributed by atoms with Gasteiger partial charge in [-0.2, -0.15) is 5.10 Å². The summed E-state index contributed by atoms with van der Waals surface area (Å²) in [6.45, 7) is 3.03. The number of aromatic nitrogens is 2. The summed E-state index contributed by atoms with van der Waals surface area (Å²) >= 11 is 0. The Morgan fingerprint density at radius 1 is 1.40 bits per heavy atom. The van der Waals surface area contributed by atoms with Gasteiger partial charge in [0.05, 0.1) is 12.8 Å². The number of amides is 1. The van der Waals surface area contributed by atoms with Crippen LogP contribution < -0.4 is 5.32 Å². The number of methoxy groups -OCH3 is 1. The molecule has 0 fully saturated rings. The lowest BCUT2D eigenvalue weighted by Gasteiger charge is -2.10. The Kier molecular flexibility index (Phi) is 4.90. The molecule has 2 rings (SSSR count). The van der Waals surface area contributed by atoms with Gasteiger partial charge in [0.2, 0.25) is 5.91 Å². The Morgan fingerprint density at radius 2 is 2.20 bits per heavy atom. The average molecular weight is 273 g/mol. The summed E-state index contributed by atoms with van der Waals surface area (Å²) in [6, 6.07) is 7.64. The number of carbonyl (C=O) groups excluding carboxylic acids is 1. The zero-order valence-corrected chi connectivity index (χ0v) is 11.8. The van der Waals surface area contributed by atoms with Crippen molar-refractivity contribution < 1.29 is 9.53 Å². The molecule has 20 heavy (non-hydrogen) atoms. The van der Waals surface area contributed by atoms with Crippen LogP contribution in [0.4, 0.5) is 5.69 Å². The first-order chi connectivity index (χ1) is 9.69. The smallest absolute Gasteiger partial charge is 0.226 e. The predicted molar refractivity (Wildman–Crippen MR) is 77.4 cm³/mol. The first-order valence-electron chi connectivity index (χ1n) is 6.55. The number of anilines is 1.